The number of anilines is 1. The fourth-order valence-corrected chi connectivity index (χ4v) is 2.10. The lowest BCUT2D eigenvalue weighted by Crippen LogP contribution is -2.45. The fourth-order valence-electron chi connectivity index (χ4n) is 2.10. The number of likely N-dealkylation sites (N-methyl/N-ethyl adjacent to an activating group) is 2. The van der Waals surface area contributed by atoms with E-state index in [-0.39, 0.29) is 17.6 Å². The lowest BCUT2D eigenvalue weighted by molar-refractivity contribution is 0.0696. The summed E-state index contributed by atoms with van der Waals surface area (Å²) in [5.41, 5.74) is 0.410. The summed E-state index contributed by atoms with van der Waals surface area (Å²) in [5, 5.41) is 11.6. The van der Waals surface area contributed by atoms with Crippen molar-refractivity contribution in [2.75, 3.05) is 32.5 Å². The van der Waals surface area contributed by atoms with Crippen molar-refractivity contribution in [3.63, 3.8) is 0 Å². The summed E-state index contributed by atoms with van der Waals surface area (Å²) in [6, 6.07) is 1.16. The van der Waals surface area contributed by atoms with E-state index in [1.54, 1.807) is 4.90 Å². The second-order valence-electron chi connectivity index (χ2n) is 5.09. The van der Waals surface area contributed by atoms with Crippen molar-refractivity contribution in [1.82, 2.24) is 14.8 Å². The van der Waals surface area contributed by atoms with E-state index >= 15 is 0 Å². The molecule has 0 spiro atoms. The lowest BCUT2D eigenvalue weighted by atomic mass is 10.2. The minimum atomic E-state index is -1.08. The van der Waals surface area contributed by atoms with Crippen LogP contribution in [0, 0.1) is 0 Å². The van der Waals surface area contributed by atoms with E-state index in [0.717, 1.165) is 6.54 Å². The zero-order valence-electron chi connectivity index (χ0n) is 12.8. The molecule has 1 atom stereocenters. The first-order chi connectivity index (χ1) is 9.85. The molecule has 2 N–H and O–H groups in total. The predicted molar refractivity (Wildman–Crippen MR) is 80.6 cm³/mol. The second kappa shape index (κ2) is 7.58. The Bertz CT molecular complexity index is 505. The molecule has 1 aromatic heterocycles. The number of nitrogens with zero attached hydrogens (tertiary/aromatic N) is 3. The number of aromatic nitrogens is 1. The van der Waals surface area contributed by atoms with Gasteiger partial charge in [0.05, 0.1) is 17.4 Å². The fraction of sp³-hybridized carbons (Fsp3) is 0.500. The van der Waals surface area contributed by atoms with Gasteiger partial charge in [0.25, 0.3) is 0 Å². The van der Waals surface area contributed by atoms with Crippen LogP contribution in [0.15, 0.2) is 18.5 Å². The first-order valence-corrected chi connectivity index (χ1v) is 6.75. The number of amides is 2. The van der Waals surface area contributed by atoms with Gasteiger partial charge >= 0.3 is 12.0 Å². The van der Waals surface area contributed by atoms with Crippen molar-refractivity contribution >= 4 is 17.7 Å². The molecule has 0 aliphatic heterocycles. The summed E-state index contributed by atoms with van der Waals surface area (Å²) in [5.74, 6) is -1.08. The first-order valence-electron chi connectivity index (χ1n) is 6.75. The third-order valence-electron chi connectivity index (χ3n) is 3.00. The zero-order valence-corrected chi connectivity index (χ0v) is 12.8. The molecule has 0 aliphatic rings. The summed E-state index contributed by atoms with van der Waals surface area (Å²) < 4.78 is 0. The van der Waals surface area contributed by atoms with Gasteiger partial charge in [-0.3, -0.25) is 4.98 Å². The van der Waals surface area contributed by atoms with Crippen LogP contribution in [-0.2, 0) is 0 Å². The molecule has 7 nitrogen and oxygen atoms in total. The minimum absolute atomic E-state index is 0.0391. The number of nitrogens with one attached hydrogen (secondary N) is 1. The van der Waals surface area contributed by atoms with Crippen molar-refractivity contribution in [2.24, 2.45) is 0 Å². The summed E-state index contributed by atoms with van der Waals surface area (Å²) in [7, 11) is 3.89. The minimum Gasteiger partial charge on any atom is -0.478 e. The number of urea groups is 1. The molecule has 0 aromatic carbocycles. The van der Waals surface area contributed by atoms with E-state index in [1.165, 1.54) is 18.5 Å². The number of carboxylic acids is 1. The van der Waals surface area contributed by atoms with Crippen LogP contribution >= 0.6 is 0 Å². The van der Waals surface area contributed by atoms with E-state index in [2.05, 4.69) is 10.3 Å². The van der Waals surface area contributed by atoms with Gasteiger partial charge in [-0.15, -0.1) is 0 Å². The number of carboxylic acid groups (broad SMARTS) is 1. The third kappa shape index (κ3) is 5.03. The molecular weight excluding hydrogens is 272 g/mol. The molecule has 0 fully saturated rings. The van der Waals surface area contributed by atoms with Crippen molar-refractivity contribution in [1.29, 1.82) is 0 Å². The second-order valence-corrected chi connectivity index (χ2v) is 5.09. The van der Waals surface area contributed by atoms with Crippen LogP contribution in [0.25, 0.3) is 0 Å². The van der Waals surface area contributed by atoms with Gasteiger partial charge < -0.3 is 20.2 Å². The number of hydrogen-bond donors (Lipinski definition) is 2. The molecule has 0 bridgehead atoms. The molecular formula is C14H22N4O3. The third-order valence-corrected chi connectivity index (χ3v) is 3.00. The van der Waals surface area contributed by atoms with E-state index in [0.29, 0.717) is 12.2 Å². The Morgan fingerprint density at radius 1 is 1.38 bits per heavy atom. The van der Waals surface area contributed by atoms with E-state index in [9.17, 15) is 9.59 Å². The Hall–Kier alpha value is -2.15. The number of hydrogen-bond acceptors (Lipinski definition) is 4. The molecule has 0 aliphatic carbocycles. The van der Waals surface area contributed by atoms with Gasteiger partial charge in [-0.05, 0) is 34.0 Å². The standard InChI is InChI=1S/C14H22N4O3/c1-5-18(10(2)9-17(3)4)14(21)16-12-6-11(13(19)20)7-15-8-12/h6-8,10H,5,9H2,1-4H3,(H,16,21)(H,19,20). The molecule has 7 heteroatoms. The van der Waals surface area contributed by atoms with E-state index in [4.69, 9.17) is 5.11 Å². The number of carbonyl (C=O) groups excluding carboxylic acids is 1. The normalized spacial score (nSPS) is 12.0. The Balaban J connectivity index is 2.78. The predicted octanol–water partition coefficient (Wildman–Crippen LogP) is 1.58. The van der Waals surface area contributed by atoms with Crippen molar-refractivity contribution in [3.8, 4) is 0 Å². The van der Waals surface area contributed by atoms with Crippen LogP contribution in [0.3, 0.4) is 0 Å². The van der Waals surface area contributed by atoms with Crippen molar-refractivity contribution in [2.45, 2.75) is 19.9 Å². The molecule has 0 saturated carbocycles. The highest BCUT2D eigenvalue weighted by molar-refractivity contribution is 5.92. The summed E-state index contributed by atoms with van der Waals surface area (Å²) in [6.45, 7) is 5.17. The SMILES string of the molecule is CCN(C(=O)Nc1cncc(C(=O)O)c1)C(C)CN(C)C. The van der Waals surface area contributed by atoms with Gasteiger partial charge in [-0.2, -0.15) is 0 Å². The van der Waals surface area contributed by atoms with Gasteiger partial charge in [0.15, 0.2) is 0 Å². The smallest absolute Gasteiger partial charge is 0.337 e. The highest BCUT2D eigenvalue weighted by atomic mass is 16.4. The Morgan fingerprint density at radius 3 is 2.57 bits per heavy atom. The number of rotatable bonds is 6. The average molecular weight is 294 g/mol. The van der Waals surface area contributed by atoms with Gasteiger partial charge in [-0.1, -0.05) is 0 Å². The van der Waals surface area contributed by atoms with Crippen LogP contribution in [0.4, 0.5) is 10.5 Å². The highest BCUT2D eigenvalue weighted by Crippen LogP contribution is 2.11. The highest BCUT2D eigenvalue weighted by Gasteiger charge is 2.19. The quantitative estimate of drug-likeness (QED) is 0.832. The molecule has 116 valence electrons. The number of carbonyl (C=O) groups is 2. The molecule has 1 unspecified atom stereocenters. The zero-order chi connectivity index (χ0) is 16.0. The van der Waals surface area contributed by atoms with Gasteiger partial charge in [0.1, 0.15) is 0 Å². The maximum Gasteiger partial charge on any atom is 0.337 e. The lowest BCUT2D eigenvalue weighted by Gasteiger charge is -2.30. The Morgan fingerprint density at radius 2 is 2.05 bits per heavy atom. The van der Waals surface area contributed by atoms with Crippen LogP contribution in [0.5, 0.6) is 0 Å². The average Bonchev–Trinajstić information content (AvgIpc) is 2.38. The van der Waals surface area contributed by atoms with Gasteiger partial charge in [0.2, 0.25) is 0 Å². The van der Waals surface area contributed by atoms with E-state index in [1.807, 2.05) is 32.8 Å². The maximum atomic E-state index is 12.3. The van der Waals surface area contributed by atoms with Crippen molar-refractivity contribution < 1.29 is 14.7 Å². The molecule has 0 radical (unpaired) electrons. The molecule has 1 rings (SSSR count). The summed E-state index contributed by atoms with van der Waals surface area (Å²) in [4.78, 5) is 30.7. The van der Waals surface area contributed by atoms with Crippen LogP contribution < -0.4 is 5.32 Å². The van der Waals surface area contributed by atoms with Gasteiger partial charge in [0, 0.05) is 25.3 Å². The maximum absolute atomic E-state index is 12.3. The molecule has 21 heavy (non-hydrogen) atoms. The summed E-state index contributed by atoms with van der Waals surface area (Å²) >= 11 is 0. The molecule has 1 heterocycles. The van der Waals surface area contributed by atoms with Gasteiger partial charge in [-0.25, -0.2) is 9.59 Å². The largest absolute Gasteiger partial charge is 0.478 e. The molecule has 1 aromatic rings. The number of aromatic carboxylic acids is 1. The van der Waals surface area contributed by atoms with E-state index < -0.39 is 5.97 Å². The Labute approximate surface area is 124 Å². The van der Waals surface area contributed by atoms with Crippen LogP contribution in [0.1, 0.15) is 24.2 Å². The monoisotopic (exact) mass is 294 g/mol. The van der Waals surface area contributed by atoms with Crippen LogP contribution in [-0.4, -0.2) is 65.1 Å². The van der Waals surface area contributed by atoms with Crippen LogP contribution in [0.2, 0.25) is 0 Å². The molecule has 2 amide bonds. The first kappa shape index (κ1) is 16.9. The topological polar surface area (TPSA) is 85.8 Å². The van der Waals surface area contributed by atoms with Crippen molar-refractivity contribution in [3.05, 3.63) is 24.0 Å². The summed E-state index contributed by atoms with van der Waals surface area (Å²) in [6.07, 6.45) is 2.67. The Kier molecular flexibility index (Phi) is 6.10. The number of pyridine rings is 1. The molecule has 0 saturated heterocycles.